The van der Waals surface area contributed by atoms with E-state index < -0.39 is 5.92 Å². The predicted octanol–water partition coefficient (Wildman–Crippen LogP) is 3.02. The lowest BCUT2D eigenvalue weighted by molar-refractivity contribution is 0.379. The van der Waals surface area contributed by atoms with Crippen molar-refractivity contribution in [3.8, 4) is 11.8 Å². The fourth-order valence-corrected chi connectivity index (χ4v) is 3.39. The molecule has 27 heavy (non-hydrogen) atoms. The number of hydrogen-bond acceptors (Lipinski definition) is 5. The molecule has 0 amide bonds. The number of nitriles is 1. The largest absolute Gasteiger partial charge is 0.468 e. The Labute approximate surface area is 155 Å². The van der Waals surface area contributed by atoms with Crippen LogP contribution >= 0.6 is 0 Å². The van der Waals surface area contributed by atoms with E-state index in [2.05, 4.69) is 6.07 Å². The van der Waals surface area contributed by atoms with E-state index in [4.69, 9.17) is 14.9 Å². The van der Waals surface area contributed by atoms with Crippen LogP contribution in [0.2, 0.25) is 0 Å². The molecule has 2 aromatic heterocycles. The Hall–Kier alpha value is -3.72. The second-order valence-electron chi connectivity index (χ2n) is 6.38. The number of hydrogen-bond donors (Lipinski definition) is 1. The van der Waals surface area contributed by atoms with Crippen molar-refractivity contribution in [2.24, 2.45) is 5.73 Å². The summed E-state index contributed by atoms with van der Waals surface area (Å²) in [5, 5.41) is 9.59. The highest BCUT2D eigenvalue weighted by atomic mass is 16.5. The third-order valence-corrected chi connectivity index (χ3v) is 4.70. The summed E-state index contributed by atoms with van der Waals surface area (Å²) in [6.07, 6.45) is 1.51. The van der Waals surface area contributed by atoms with Gasteiger partial charge < -0.3 is 19.5 Å². The molecule has 6 nitrogen and oxygen atoms in total. The lowest BCUT2D eigenvalue weighted by Crippen LogP contribution is -2.32. The molecule has 1 aliphatic heterocycles. The van der Waals surface area contributed by atoms with Gasteiger partial charge in [-0.25, -0.2) is 0 Å². The van der Waals surface area contributed by atoms with E-state index in [9.17, 15) is 10.1 Å². The topological polar surface area (TPSA) is 94.2 Å². The number of rotatable bonds is 3. The molecule has 0 saturated heterocycles. The maximum absolute atomic E-state index is 13.4. The van der Waals surface area contributed by atoms with Gasteiger partial charge in [0.25, 0.3) is 5.56 Å². The number of furan rings is 1. The van der Waals surface area contributed by atoms with Gasteiger partial charge in [0.15, 0.2) is 0 Å². The van der Waals surface area contributed by atoms with Gasteiger partial charge in [0, 0.05) is 11.8 Å². The predicted molar refractivity (Wildman–Crippen MR) is 99.0 cm³/mol. The van der Waals surface area contributed by atoms with Crippen LogP contribution in [-0.4, -0.2) is 4.57 Å². The lowest BCUT2D eigenvalue weighted by Gasteiger charge is -2.26. The lowest BCUT2D eigenvalue weighted by atomic mass is 9.88. The van der Waals surface area contributed by atoms with Crippen LogP contribution in [0.15, 0.2) is 75.5 Å². The fourth-order valence-electron chi connectivity index (χ4n) is 3.39. The van der Waals surface area contributed by atoms with Crippen LogP contribution in [0.5, 0.6) is 5.75 Å². The minimum Gasteiger partial charge on any atom is -0.468 e. The highest BCUT2D eigenvalue weighted by molar-refractivity contribution is 5.53. The SMILES string of the molecule is Cc1cc2c(c(=O)n1Cc1ccccc1)[C@@H](c1ccco1)C(C#N)=C(N)O2. The first-order valence-corrected chi connectivity index (χ1v) is 8.49. The first-order chi connectivity index (χ1) is 13.1. The number of nitrogens with zero attached hydrogens (tertiary/aromatic N) is 2. The van der Waals surface area contributed by atoms with Gasteiger partial charge >= 0.3 is 0 Å². The number of pyridine rings is 1. The van der Waals surface area contributed by atoms with Crippen molar-refractivity contribution in [3.05, 3.63) is 99.2 Å². The third-order valence-electron chi connectivity index (χ3n) is 4.70. The molecule has 1 aliphatic rings. The number of allylic oxidation sites excluding steroid dienone is 1. The Bertz CT molecular complexity index is 1120. The highest BCUT2D eigenvalue weighted by Gasteiger charge is 2.35. The van der Waals surface area contributed by atoms with E-state index >= 15 is 0 Å². The molecule has 3 aromatic rings. The van der Waals surface area contributed by atoms with Gasteiger partial charge in [-0.15, -0.1) is 0 Å². The molecular weight excluding hydrogens is 342 g/mol. The van der Waals surface area contributed by atoms with Gasteiger partial charge in [0.05, 0.1) is 24.3 Å². The van der Waals surface area contributed by atoms with Crippen molar-refractivity contribution in [2.45, 2.75) is 19.4 Å². The number of fused-ring (bicyclic) bond motifs is 1. The molecule has 4 rings (SSSR count). The van der Waals surface area contributed by atoms with Gasteiger partial charge in [0.1, 0.15) is 23.2 Å². The summed E-state index contributed by atoms with van der Waals surface area (Å²) >= 11 is 0. The second kappa shape index (κ2) is 6.54. The highest BCUT2D eigenvalue weighted by Crippen LogP contribution is 2.40. The van der Waals surface area contributed by atoms with Gasteiger partial charge in [0.2, 0.25) is 5.88 Å². The number of aromatic nitrogens is 1. The van der Waals surface area contributed by atoms with Gasteiger partial charge in [-0.3, -0.25) is 4.79 Å². The standard InChI is InChI=1S/C21H17N3O3/c1-13-10-17-19(21(25)24(13)12-14-6-3-2-4-7-14)18(16-8-5-9-26-16)15(11-22)20(23)27-17/h2-10,18H,12,23H2,1H3/t18-/m1/s1. The number of benzene rings is 1. The summed E-state index contributed by atoms with van der Waals surface area (Å²) in [5.41, 5.74) is 8.00. The zero-order valence-electron chi connectivity index (χ0n) is 14.7. The Balaban J connectivity index is 1.92. The summed E-state index contributed by atoms with van der Waals surface area (Å²) < 4.78 is 12.8. The van der Waals surface area contributed by atoms with Crippen LogP contribution in [0.1, 0.15) is 28.5 Å². The Morgan fingerprint density at radius 3 is 2.67 bits per heavy atom. The van der Waals surface area contributed by atoms with Crippen LogP contribution in [-0.2, 0) is 6.54 Å². The molecule has 0 radical (unpaired) electrons. The van der Waals surface area contributed by atoms with Crippen LogP contribution in [0.4, 0.5) is 0 Å². The zero-order valence-corrected chi connectivity index (χ0v) is 14.7. The first-order valence-electron chi connectivity index (χ1n) is 8.49. The van der Waals surface area contributed by atoms with E-state index in [1.807, 2.05) is 37.3 Å². The molecule has 0 bridgehead atoms. The minimum atomic E-state index is -0.691. The van der Waals surface area contributed by atoms with E-state index in [1.54, 1.807) is 22.8 Å². The molecule has 0 unspecified atom stereocenters. The molecule has 0 aliphatic carbocycles. The van der Waals surface area contributed by atoms with Crippen LogP contribution in [0.3, 0.4) is 0 Å². The van der Waals surface area contributed by atoms with E-state index in [-0.39, 0.29) is 17.0 Å². The molecule has 2 N–H and O–H groups in total. The number of aryl methyl sites for hydroxylation is 1. The van der Waals surface area contributed by atoms with Crippen LogP contribution in [0.25, 0.3) is 0 Å². The Morgan fingerprint density at radius 1 is 1.22 bits per heavy atom. The fraction of sp³-hybridized carbons (Fsp3) is 0.143. The van der Waals surface area contributed by atoms with Crippen molar-refractivity contribution < 1.29 is 9.15 Å². The van der Waals surface area contributed by atoms with Crippen molar-refractivity contribution in [3.63, 3.8) is 0 Å². The molecule has 3 heterocycles. The summed E-state index contributed by atoms with van der Waals surface area (Å²) in [7, 11) is 0. The summed E-state index contributed by atoms with van der Waals surface area (Å²) in [5.74, 6) is 0.140. The van der Waals surface area contributed by atoms with Gasteiger partial charge in [-0.05, 0) is 24.6 Å². The Kier molecular flexibility index (Phi) is 4.05. The van der Waals surface area contributed by atoms with E-state index in [0.717, 1.165) is 11.3 Å². The molecule has 1 aromatic carbocycles. The third kappa shape index (κ3) is 2.79. The molecule has 134 valence electrons. The monoisotopic (exact) mass is 359 g/mol. The maximum Gasteiger partial charge on any atom is 0.259 e. The smallest absolute Gasteiger partial charge is 0.259 e. The number of ether oxygens (including phenoxy) is 1. The van der Waals surface area contributed by atoms with E-state index in [1.165, 1.54) is 6.26 Å². The first kappa shape index (κ1) is 16.7. The summed E-state index contributed by atoms with van der Waals surface area (Å²) in [6, 6.07) is 17.0. The van der Waals surface area contributed by atoms with Crippen molar-refractivity contribution in [1.29, 1.82) is 5.26 Å². The number of nitrogens with two attached hydrogens (primary N) is 1. The summed E-state index contributed by atoms with van der Waals surface area (Å²) in [4.78, 5) is 13.4. The average Bonchev–Trinajstić information content (AvgIpc) is 3.19. The quantitative estimate of drug-likeness (QED) is 0.776. The van der Waals surface area contributed by atoms with Crippen molar-refractivity contribution >= 4 is 0 Å². The zero-order chi connectivity index (χ0) is 19.0. The molecule has 0 spiro atoms. The molecule has 0 fully saturated rings. The second-order valence-corrected chi connectivity index (χ2v) is 6.38. The molecule has 0 saturated carbocycles. The van der Waals surface area contributed by atoms with Crippen molar-refractivity contribution in [1.82, 2.24) is 4.57 Å². The normalized spacial score (nSPS) is 15.8. The molecule has 1 atom stereocenters. The average molecular weight is 359 g/mol. The van der Waals surface area contributed by atoms with Crippen LogP contribution in [0, 0.1) is 18.3 Å². The summed E-state index contributed by atoms with van der Waals surface area (Å²) in [6.45, 7) is 2.26. The van der Waals surface area contributed by atoms with E-state index in [0.29, 0.717) is 23.6 Å². The Morgan fingerprint density at radius 2 is 2.00 bits per heavy atom. The maximum atomic E-state index is 13.4. The molecular formula is C21H17N3O3. The van der Waals surface area contributed by atoms with Crippen LogP contribution < -0.4 is 16.0 Å². The minimum absolute atomic E-state index is 0.00832. The van der Waals surface area contributed by atoms with Gasteiger partial charge in [-0.2, -0.15) is 5.26 Å². The van der Waals surface area contributed by atoms with Crippen molar-refractivity contribution in [2.75, 3.05) is 0 Å². The molecule has 6 heteroatoms. The van der Waals surface area contributed by atoms with Gasteiger partial charge in [-0.1, -0.05) is 30.3 Å².